The predicted octanol–water partition coefficient (Wildman–Crippen LogP) is 3.07. The third kappa shape index (κ3) is 2.23. The van der Waals surface area contributed by atoms with Crippen molar-refractivity contribution >= 4 is 17.2 Å². The fourth-order valence-electron chi connectivity index (χ4n) is 1.84. The van der Waals surface area contributed by atoms with Gasteiger partial charge < -0.3 is 4.42 Å². The molecule has 21 heavy (non-hydrogen) atoms. The van der Waals surface area contributed by atoms with Crippen LogP contribution < -0.4 is 0 Å². The predicted molar refractivity (Wildman–Crippen MR) is 65.8 cm³/mol. The van der Waals surface area contributed by atoms with Crippen molar-refractivity contribution in [3.63, 3.8) is 0 Å². The zero-order valence-electron chi connectivity index (χ0n) is 10.7. The first kappa shape index (κ1) is 13.8. The van der Waals surface area contributed by atoms with Gasteiger partial charge in [-0.25, -0.2) is 9.50 Å². The van der Waals surface area contributed by atoms with Crippen molar-refractivity contribution in [3.05, 3.63) is 28.4 Å². The molecule has 3 aromatic heterocycles. The lowest BCUT2D eigenvalue weighted by Crippen LogP contribution is -2.13. The van der Waals surface area contributed by atoms with Crippen molar-refractivity contribution in [2.75, 3.05) is 0 Å². The standard InChI is InChI=1S/C11H7ClF3N5O/c1-4-3-6(11(13,14)15)20-9(16-4)7(12)8(19-20)10-18-17-5(2)21-10/h3H,1-2H3. The lowest BCUT2D eigenvalue weighted by Gasteiger charge is -2.09. The molecule has 3 aromatic rings. The zero-order chi connectivity index (χ0) is 15.4. The van der Waals surface area contributed by atoms with E-state index < -0.39 is 11.9 Å². The van der Waals surface area contributed by atoms with E-state index in [0.717, 1.165) is 6.07 Å². The van der Waals surface area contributed by atoms with E-state index in [4.69, 9.17) is 16.0 Å². The SMILES string of the molecule is Cc1cc(C(F)(F)F)n2nc(-c3nnc(C)o3)c(Cl)c2n1. The Labute approximate surface area is 120 Å². The van der Waals surface area contributed by atoms with E-state index in [1.165, 1.54) is 6.92 Å². The third-order valence-electron chi connectivity index (χ3n) is 2.68. The summed E-state index contributed by atoms with van der Waals surface area (Å²) in [5, 5.41) is 11.0. The van der Waals surface area contributed by atoms with Crippen LogP contribution in [0.3, 0.4) is 0 Å². The van der Waals surface area contributed by atoms with Crippen molar-refractivity contribution in [3.8, 4) is 11.6 Å². The van der Waals surface area contributed by atoms with Crippen molar-refractivity contribution in [1.29, 1.82) is 0 Å². The van der Waals surface area contributed by atoms with Crippen LogP contribution in [0.2, 0.25) is 5.02 Å². The van der Waals surface area contributed by atoms with Gasteiger partial charge >= 0.3 is 6.18 Å². The summed E-state index contributed by atoms with van der Waals surface area (Å²) in [5.74, 6) is 0.187. The minimum atomic E-state index is -4.59. The normalized spacial score (nSPS) is 12.3. The number of aryl methyl sites for hydroxylation is 2. The summed E-state index contributed by atoms with van der Waals surface area (Å²) in [5.41, 5.74) is -0.963. The number of rotatable bonds is 1. The number of alkyl halides is 3. The molecule has 10 heteroatoms. The summed E-state index contributed by atoms with van der Waals surface area (Å²) >= 11 is 6.05. The highest BCUT2D eigenvalue weighted by Gasteiger charge is 2.36. The number of aromatic nitrogens is 5. The van der Waals surface area contributed by atoms with Gasteiger partial charge in [-0.15, -0.1) is 10.2 Å². The van der Waals surface area contributed by atoms with Crippen molar-refractivity contribution < 1.29 is 17.6 Å². The highest BCUT2D eigenvalue weighted by molar-refractivity contribution is 6.35. The molecule has 0 aliphatic heterocycles. The molecule has 0 aliphatic rings. The fraction of sp³-hybridized carbons (Fsp3) is 0.273. The Hall–Kier alpha value is -2.16. The van der Waals surface area contributed by atoms with Crippen LogP contribution in [0.1, 0.15) is 17.3 Å². The molecule has 0 unspecified atom stereocenters. The second-order valence-electron chi connectivity index (χ2n) is 4.30. The van der Waals surface area contributed by atoms with Crippen molar-refractivity contribution in [1.82, 2.24) is 24.8 Å². The Morgan fingerprint density at radius 1 is 1.24 bits per heavy atom. The minimum absolute atomic E-state index is 0.0409. The zero-order valence-corrected chi connectivity index (χ0v) is 11.5. The molecule has 110 valence electrons. The minimum Gasteiger partial charge on any atom is -0.420 e. The van der Waals surface area contributed by atoms with Gasteiger partial charge in [0.05, 0.1) is 0 Å². The Balaban J connectivity index is 2.34. The molecule has 0 saturated heterocycles. The number of hydrogen-bond donors (Lipinski definition) is 0. The smallest absolute Gasteiger partial charge is 0.420 e. The number of nitrogens with zero attached hydrogens (tertiary/aromatic N) is 5. The molecular formula is C11H7ClF3N5O. The van der Waals surface area contributed by atoms with Gasteiger partial charge in [-0.2, -0.15) is 18.3 Å². The van der Waals surface area contributed by atoms with Crippen LogP contribution in [-0.4, -0.2) is 24.8 Å². The highest BCUT2D eigenvalue weighted by atomic mass is 35.5. The molecule has 0 saturated carbocycles. The van der Waals surface area contributed by atoms with Crippen molar-refractivity contribution in [2.24, 2.45) is 0 Å². The Morgan fingerprint density at radius 3 is 2.52 bits per heavy atom. The average molecular weight is 318 g/mol. The molecular weight excluding hydrogens is 311 g/mol. The van der Waals surface area contributed by atoms with Gasteiger partial charge in [0.2, 0.25) is 5.89 Å². The second kappa shape index (κ2) is 4.42. The molecule has 6 nitrogen and oxygen atoms in total. The first-order valence-electron chi connectivity index (χ1n) is 5.71. The maximum Gasteiger partial charge on any atom is 0.433 e. The van der Waals surface area contributed by atoms with E-state index in [1.807, 2.05) is 0 Å². The molecule has 0 amide bonds. The largest absolute Gasteiger partial charge is 0.433 e. The molecule has 0 spiro atoms. The van der Waals surface area contributed by atoms with E-state index in [1.54, 1.807) is 6.92 Å². The Bertz CT molecular complexity index is 838. The van der Waals surface area contributed by atoms with Gasteiger partial charge in [0.1, 0.15) is 10.7 Å². The molecule has 3 rings (SSSR count). The summed E-state index contributed by atoms with van der Waals surface area (Å²) in [6.07, 6.45) is -4.59. The van der Waals surface area contributed by atoms with Gasteiger partial charge in [-0.05, 0) is 13.0 Å². The lowest BCUT2D eigenvalue weighted by molar-refractivity contribution is -0.142. The summed E-state index contributed by atoms with van der Waals surface area (Å²) in [6.45, 7) is 2.98. The second-order valence-corrected chi connectivity index (χ2v) is 4.68. The monoisotopic (exact) mass is 317 g/mol. The van der Waals surface area contributed by atoms with E-state index >= 15 is 0 Å². The molecule has 0 fully saturated rings. The van der Waals surface area contributed by atoms with E-state index in [-0.39, 0.29) is 33.8 Å². The first-order valence-corrected chi connectivity index (χ1v) is 6.08. The molecule has 0 atom stereocenters. The number of fused-ring (bicyclic) bond motifs is 1. The number of halogens is 4. The van der Waals surface area contributed by atoms with Gasteiger partial charge in [0.15, 0.2) is 11.3 Å². The third-order valence-corrected chi connectivity index (χ3v) is 3.03. The van der Waals surface area contributed by atoms with Gasteiger partial charge in [0, 0.05) is 12.6 Å². The maximum absolute atomic E-state index is 13.1. The van der Waals surface area contributed by atoms with E-state index in [2.05, 4.69) is 20.3 Å². The summed E-state index contributed by atoms with van der Waals surface area (Å²) in [4.78, 5) is 3.98. The van der Waals surface area contributed by atoms with Crippen LogP contribution in [0.4, 0.5) is 13.2 Å². The summed E-state index contributed by atoms with van der Waals surface area (Å²) in [7, 11) is 0. The van der Waals surface area contributed by atoms with Crippen LogP contribution in [0.15, 0.2) is 10.5 Å². The molecule has 0 radical (unpaired) electrons. The van der Waals surface area contributed by atoms with Crippen LogP contribution in [0.5, 0.6) is 0 Å². The summed E-state index contributed by atoms with van der Waals surface area (Å²) in [6, 6.07) is 0.888. The van der Waals surface area contributed by atoms with Crippen LogP contribution in [0, 0.1) is 13.8 Å². The van der Waals surface area contributed by atoms with Crippen LogP contribution in [-0.2, 0) is 6.18 Å². The van der Waals surface area contributed by atoms with E-state index in [9.17, 15) is 13.2 Å². The number of hydrogen-bond acceptors (Lipinski definition) is 5. The molecule has 0 aliphatic carbocycles. The molecule has 0 bridgehead atoms. The topological polar surface area (TPSA) is 69.1 Å². The van der Waals surface area contributed by atoms with Crippen LogP contribution in [0.25, 0.3) is 17.2 Å². The quantitative estimate of drug-likeness (QED) is 0.690. The van der Waals surface area contributed by atoms with Crippen molar-refractivity contribution in [2.45, 2.75) is 20.0 Å². The van der Waals surface area contributed by atoms with E-state index in [0.29, 0.717) is 4.52 Å². The van der Waals surface area contributed by atoms with Crippen LogP contribution >= 0.6 is 11.6 Å². The fourth-order valence-corrected chi connectivity index (χ4v) is 2.08. The molecule has 0 N–H and O–H groups in total. The Kier molecular flexibility index (Phi) is 2.90. The molecule has 3 heterocycles. The first-order chi connectivity index (χ1) is 9.77. The average Bonchev–Trinajstić information content (AvgIpc) is 2.93. The maximum atomic E-state index is 13.1. The molecule has 0 aromatic carbocycles. The Morgan fingerprint density at radius 2 is 1.95 bits per heavy atom. The lowest BCUT2D eigenvalue weighted by atomic mass is 10.3. The highest BCUT2D eigenvalue weighted by Crippen LogP contribution is 2.34. The van der Waals surface area contributed by atoms with Gasteiger partial charge in [-0.3, -0.25) is 0 Å². The summed E-state index contributed by atoms with van der Waals surface area (Å²) < 4.78 is 45.0. The van der Waals surface area contributed by atoms with Gasteiger partial charge in [0.25, 0.3) is 5.89 Å². The van der Waals surface area contributed by atoms with Gasteiger partial charge in [-0.1, -0.05) is 11.6 Å².